The summed E-state index contributed by atoms with van der Waals surface area (Å²) in [6.45, 7) is 8.82. The molecule has 0 atom stereocenters. The van der Waals surface area contributed by atoms with Crippen LogP contribution >= 0.6 is 0 Å². The number of nitrogens with zero attached hydrogens (tertiary/aromatic N) is 6. The Balaban J connectivity index is 1.07. The van der Waals surface area contributed by atoms with E-state index >= 15 is 0 Å². The summed E-state index contributed by atoms with van der Waals surface area (Å²) in [5, 5.41) is 8.54. The lowest BCUT2D eigenvalue weighted by Gasteiger charge is -2.48. The predicted octanol–water partition coefficient (Wildman–Crippen LogP) is 1.36. The summed E-state index contributed by atoms with van der Waals surface area (Å²) in [5.74, 6) is 3.00. The predicted molar refractivity (Wildman–Crippen MR) is 104 cm³/mol. The molecule has 2 aromatic heterocycles. The SMILES string of the molecule is c1ccc(N2CCN(C3CN(Cc4nnc(C5CCOCC5)o4)C3)CC2)nc1. The van der Waals surface area contributed by atoms with Crippen molar-refractivity contribution in [2.24, 2.45) is 0 Å². The van der Waals surface area contributed by atoms with E-state index in [4.69, 9.17) is 9.15 Å². The molecule has 3 fully saturated rings. The van der Waals surface area contributed by atoms with E-state index in [0.29, 0.717) is 12.0 Å². The molecule has 0 aliphatic carbocycles. The van der Waals surface area contributed by atoms with E-state index in [9.17, 15) is 0 Å². The monoisotopic (exact) mass is 384 g/mol. The third kappa shape index (κ3) is 3.90. The quantitative estimate of drug-likeness (QED) is 0.765. The zero-order valence-electron chi connectivity index (χ0n) is 16.2. The first-order valence-electron chi connectivity index (χ1n) is 10.4. The van der Waals surface area contributed by atoms with Crippen molar-refractivity contribution in [2.45, 2.75) is 31.3 Å². The fourth-order valence-electron chi connectivity index (χ4n) is 4.39. The van der Waals surface area contributed by atoms with Gasteiger partial charge in [-0.05, 0) is 25.0 Å². The minimum Gasteiger partial charge on any atom is -0.424 e. The van der Waals surface area contributed by atoms with Crippen molar-refractivity contribution in [1.29, 1.82) is 0 Å². The van der Waals surface area contributed by atoms with Crippen LogP contribution in [0.15, 0.2) is 28.8 Å². The van der Waals surface area contributed by atoms with E-state index in [1.165, 1.54) is 0 Å². The molecule has 28 heavy (non-hydrogen) atoms. The number of aromatic nitrogens is 3. The number of hydrogen-bond acceptors (Lipinski definition) is 8. The molecule has 0 spiro atoms. The number of anilines is 1. The van der Waals surface area contributed by atoms with Crippen molar-refractivity contribution in [1.82, 2.24) is 25.0 Å². The minimum atomic E-state index is 0.370. The molecule has 0 unspecified atom stereocenters. The van der Waals surface area contributed by atoms with Crippen LogP contribution in [0, 0.1) is 0 Å². The molecule has 5 heterocycles. The largest absolute Gasteiger partial charge is 0.424 e. The second-order valence-corrected chi connectivity index (χ2v) is 7.98. The van der Waals surface area contributed by atoms with E-state index in [2.05, 4.69) is 42.0 Å². The zero-order chi connectivity index (χ0) is 18.8. The van der Waals surface area contributed by atoms with Crippen molar-refractivity contribution in [3.05, 3.63) is 36.2 Å². The van der Waals surface area contributed by atoms with Gasteiger partial charge in [-0.2, -0.15) is 0 Å². The molecule has 3 saturated heterocycles. The van der Waals surface area contributed by atoms with Crippen molar-refractivity contribution >= 4 is 5.82 Å². The van der Waals surface area contributed by atoms with E-state index in [1.54, 1.807) is 0 Å². The molecule has 0 radical (unpaired) electrons. The van der Waals surface area contributed by atoms with E-state index < -0.39 is 0 Å². The maximum absolute atomic E-state index is 5.93. The fourth-order valence-corrected chi connectivity index (χ4v) is 4.39. The molecular weight excluding hydrogens is 356 g/mol. The van der Waals surface area contributed by atoms with Crippen LogP contribution in [-0.2, 0) is 11.3 Å². The average Bonchev–Trinajstić information content (AvgIpc) is 3.21. The molecule has 3 aliphatic rings. The summed E-state index contributed by atoms with van der Waals surface area (Å²) in [6, 6.07) is 6.77. The second kappa shape index (κ2) is 8.14. The lowest BCUT2D eigenvalue weighted by molar-refractivity contribution is 0.0201. The third-order valence-electron chi connectivity index (χ3n) is 6.15. The van der Waals surface area contributed by atoms with Gasteiger partial charge in [-0.1, -0.05) is 6.07 Å². The molecule has 0 saturated carbocycles. The third-order valence-corrected chi connectivity index (χ3v) is 6.15. The number of piperazine rings is 1. The van der Waals surface area contributed by atoms with Gasteiger partial charge in [0.25, 0.3) is 0 Å². The average molecular weight is 384 g/mol. The lowest BCUT2D eigenvalue weighted by Crippen LogP contribution is -2.62. The highest BCUT2D eigenvalue weighted by molar-refractivity contribution is 5.38. The first-order chi connectivity index (χ1) is 13.8. The highest BCUT2D eigenvalue weighted by Crippen LogP contribution is 2.26. The smallest absolute Gasteiger partial charge is 0.230 e. The maximum atomic E-state index is 5.93. The van der Waals surface area contributed by atoms with E-state index in [0.717, 1.165) is 89.5 Å². The Kier molecular flexibility index (Phi) is 5.24. The fraction of sp³-hybridized carbons (Fsp3) is 0.650. The first kappa shape index (κ1) is 18.0. The van der Waals surface area contributed by atoms with Crippen molar-refractivity contribution in [3.8, 4) is 0 Å². The number of hydrogen-bond donors (Lipinski definition) is 0. The Morgan fingerprint density at radius 1 is 1.00 bits per heavy atom. The number of likely N-dealkylation sites (tertiary alicyclic amines) is 1. The van der Waals surface area contributed by atoms with Gasteiger partial charge in [0, 0.05) is 70.6 Å². The van der Waals surface area contributed by atoms with Gasteiger partial charge in [-0.15, -0.1) is 10.2 Å². The number of ether oxygens (including phenoxy) is 1. The van der Waals surface area contributed by atoms with Gasteiger partial charge >= 0.3 is 0 Å². The Morgan fingerprint density at radius 3 is 2.57 bits per heavy atom. The molecule has 2 aromatic rings. The highest BCUT2D eigenvalue weighted by atomic mass is 16.5. The van der Waals surface area contributed by atoms with Gasteiger partial charge in [0.15, 0.2) is 0 Å². The van der Waals surface area contributed by atoms with Crippen molar-refractivity contribution < 1.29 is 9.15 Å². The Hall–Kier alpha value is -2.03. The summed E-state index contributed by atoms with van der Waals surface area (Å²) in [7, 11) is 0. The van der Waals surface area contributed by atoms with Crippen LogP contribution in [-0.4, -0.2) is 83.5 Å². The summed E-state index contributed by atoms with van der Waals surface area (Å²) < 4.78 is 11.3. The van der Waals surface area contributed by atoms with Crippen molar-refractivity contribution in [2.75, 3.05) is 57.4 Å². The molecule has 0 bridgehead atoms. The topological polar surface area (TPSA) is 70.8 Å². The van der Waals surface area contributed by atoms with Gasteiger partial charge in [-0.3, -0.25) is 9.80 Å². The number of rotatable bonds is 5. The molecule has 3 aliphatic heterocycles. The molecule has 0 aromatic carbocycles. The van der Waals surface area contributed by atoms with Gasteiger partial charge in [0.2, 0.25) is 11.8 Å². The molecule has 5 rings (SSSR count). The summed E-state index contributed by atoms with van der Waals surface area (Å²) in [5.41, 5.74) is 0. The standard InChI is InChI=1S/C20H28N6O2/c1-2-6-21-18(3-1)26-9-7-25(8-10-26)17-13-24(14-17)15-19-22-23-20(28-19)16-4-11-27-12-5-16/h1-3,6,16-17H,4-5,7-15H2. The molecule has 0 N–H and O–H groups in total. The Morgan fingerprint density at radius 2 is 1.82 bits per heavy atom. The first-order valence-corrected chi connectivity index (χ1v) is 10.4. The molecule has 8 nitrogen and oxygen atoms in total. The van der Waals surface area contributed by atoms with Gasteiger partial charge in [0.1, 0.15) is 5.82 Å². The molecule has 8 heteroatoms. The van der Waals surface area contributed by atoms with Crippen LogP contribution < -0.4 is 4.90 Å². The molecule has 0 amide bonds. The minimum absolute atomic E-state index is 0.370. The van der Waals surface area contributed by atoms with Crippen LogP contribution in [0.4, 0.5) is 5.82 Å². The van der Waals surface area contributed by atoms with Gasteiger partial charge < -0.3 is 14.1 Å². The van der Waals surface area contributed by atoms with Crippen molar-refractivity contribution in [3.63, 3.8) is 0 Å². The summed E-state index contributed by atoms with van der Waals surface area (Å²) in [4.78, 5) is 11.9. The Bertz CT molecular complexity index is 749. The zero-order valence-corrected chi connectivity index (χ0v) is 16.2. The normalized spacial score (nSPS) is 23.1. The summed E-state index contributed by atoms with van der Waals surface area (Å²) >= 11 is 0. The van der Waals surface area contributed by atoms with Crippen LogP contribution in [0.25, 0.3) is 0 Å². The second-order valence-electron chi connectivity index (χ2n) is 7.98. The van der Waals surface area contributed by atoms with E-state index in [1.807, 2.05) is 12.3 Å². The summed E-state index contributed by atoms with van der Waals surface area (Å²) in [6.07, 6.45) is 3.84. The molecular formula is C20H28N6O2. The molecule has 150 valence electrons. The van der Waals surface area contributed by atoms with Crippen LogP contribution in [0.1, 0.15) is 30.5 Å². The Labute approximate surface area is 165 Å². The van der Waals surface area contributed by atoms with Gasteiger partial charge in [0.05, 0.1) is 6.54 Å². The van der Waals surface area contributed by atoms with Crippen LogP contribution in [0.5, 0.6) is 0 Å². The number of pyridine rings is 1. The van der Waals surface area contributed by atoms with Crippen LogP contribution in [0.2, 0.25) is 0 Å². The maximum Gasteiger partial charge on any atom is 0.230 e. The van der Waals surface area contributed by atoms with E-state index in [-0.39, 0.29) is 0 Å². The van der Waals surface area contributed by atoms with Crippen LogP contribution in [0.3, 0.4) is 0 Å². The van der Waals surface area contributed by atoms with Gasteiger partial charge in [-0.25, -0.2) is 4.98 Å². The highest BCUT2D eigenvalue weighted by Gasteiger charge is 2.34. The lowest BCUT2D eigenvalue weighted by atomic mass is 10.0.